The van der Waals surface area contributed by atoms with Gasteiger partial charge in [0.15, 0.2) is 6.10 Å². The second-order valence-electron chi connectivity index (χ2n) is 24.4. The zero-order chi connectivity index (χ0) is 62.3. The molecule has 0 bridgehead atoms. The van der Waals surface area contributed by atoms with Crippen LogP contribution >= 0.6 is 7.82 Å². The van der Waals surface area contributed by atoms with E-state index in [-0.39, 0.29) is 38.6 Å². The Morgan fingerprint density at radius 1 is 0.360 bits per heavy atom. The number of allylic oxidation sites excluding steroid dienone is 14. The highest BCUT2D eigenvalue weighted by molar-refractivity contribution is 7.47. The summed E-state index contributed by atoms with van der Waals surface area (Å²) >= 11 is 0. The first-order valence-corrected chi connectivity index (χ1v) is 38.1. The van der Waals surface area contributed by atoms with Crippen molar-refractivity contribution in [1.82, 2.24) is 0 Å². The molecule has 10 heteroatoms. The van der Waals surface area contributed by atoms with Gasteiger partial charge in [-0.3, -0.25) is 18.6 Å². The van der Waals surface area contributed by atoms with Crippen LogP contribution in [-0.2, 0) is 32.7 Å². The van der Waals surface area contributed by atoms with E-state index in [9.17, 15) is 19.0 Å². The number of esters is 2. The van der Waals surface area contributed by atoms with Crippen molar-refractivity contribution in [1.29, 1.82) is 0 Å². The van der Waals surface area contributed by atoms with Crippen molar-refractivity contribution in [2.75, 3.05) is 26.4 Å². The third-order valence-electron chi connectivity index (χ3n) is 16.0. The quantitative estimate of drug-likeness (QED) is 0.0264. The number of carbonyl (C=O) groups excluding carboxylic acids is 2. The van der Waals surface area contributed by atoms with E-state index in [1.165, 1.54) is 231 Å². The van der Waals surface area contributed by atoms with Crippen molar-refractivity contribution in [3.05, 3.63) is 85.1 Å². The van der Waals surface area contributed by atoms with Gasteiger partial charge in [-0.2, -0.15) is 0 Å². The Kier molecular flexibility index (Phi) is 68.9. The number of unbranched alkanes of at least 4 members (excludes halogenated alkanes) is 42. The van der Waals surface area contributed by atoms with Crippen LogP contribution < -0.4 is 5.73 Å². The molecular weight excluding hydrogens is 1090 g/mol. The molecule has 0 radical (unpaired) electrons. The predicted octanol–water partition coefficient (Wildman–Crippen LogP) is 24.1. The van der Waals surface area contributed by atoms with Gasteiger partial charge in [0.05, 0.1) is 13.2 Å². The summed E-state index contributed by atoms with van der Waals surface area (Å²) in [5, 5.41) is 0. The standard InChI is InChI=1S/C76H138NO8P/c1-3-5-7-9-11-13-15-17-19-21-23-25-27-29-31-33-35-36-37-39-40-42-44-46-48-50-52-54-56-58-60-62-64-66-68-75(78)82-72-74(73-84-86(80,81)83-71-70-77)85-76(79)69-67-65-63-61-59-57-55-53-51-49-47-45-43-41-38-34-32-30-28-26-24-22-20-18-16-14-12-10-8-6-4-2/h6,8,12,14,18,20,24,26,30,32,38,41,45,47,74H,3-5,7,9-11,13,15-17,19,21-23,25,27-29,31,33-37,39-40,42-44,46,48-73,77H2,1-2H3,(H,80,81)/b8-6-,14-12-,20-18-,26-24-,32-30-,41-38-,47-45-. The Labute approximate surface area is 532 Å². The molecule has 86 heavy (non-hydrogen) atoms. The molecule has 9 nitrogen and oxygen atoms in total. The van der Waals surface area contributed by atoms with Crippen LogP contribution in [0.4, 0.5) is 0 Å². The Morgan fingerprint density at radius 3 is 0.953 bits per heavy atom. The van der Waals surface area contributed by atoms with Gasteiger partial charge in [-0.25, -0.2) is 4.57 Å². The van der Waals surface area contributed by atoms with Crippen LogP contribution in [0.15, 0.2) is 85.1 Å². The number of ether oxygens (including phenoxy) is 2. The van der Waals surface area contributed by atoms with Gasteiger partial charge in [-0.05, 0) is 70.6 Å². The van der Waals surface area contributed by atoms with E-state index in [4.69, 9.17) is 24.3 Å². The molecule has 0 aliphatic rings. The first kappa shape index (κ1) is 83.2. The molecule has 0 spiro atoms. The minimum atomic E-state index is -4.40. The third kappa shape index (κ3) is 70.3. The van der Waals surface area contributed by atoms with E-state index >= 15 is 0 Å². The average Bonchev–Trinajstić information content (AvgIpc) is 3.58. The van der Waals surface area contributed by atoms with E-state index in [0.29, 0.717) is 6.42 Å². The number of rotatable bonds is 69. The summed E-state index contributed by atoms with van der Waals surface area (Å²) in [4.78, 5) is 35.4. The minimum Gasteiger partial charge on any atom is -0.462 e. The largest absolute Gasteiger partial charge is 0.472 e. The summed E-state index contributed by atoms with van der Waals surface area (Å²) in [6.45, 7) is 3.67. The van der Waals surface area contributed by atoms with Crippen LogP contribution in [0.2, 0.25) is 0 Å². The fraction of sp³-hybridized carbons (Fsp3) is 0.789. The molecule has 0 amide bonds. The highest BCUT2D eigenvalue weighted by Crippen LogP contribution is 2.43. The van der Waals surface area contributed by atoms with E-state index in [1.807, 2.05) is 0 Å². The lowest BCUT2D eigenvalue weighted by Gasteiger charge is -2.19. The molecule has 500 valence electrons. The summed E-state index contributed by atoms with van der Waals surface area (Å²) in [6.07, 6.45) is 95.5. The molecule has 0 rings (SSSR count). The van der Waals surface area contributed by atoms with Crippen LogP contribution in [0.25, 0.3) is 0 Å². The van der Waals surface area contributed by atoms with Gasteiger partial charge in [0.25, 0.3) is 0 Å². The van der Waals surface area contributed by atoms with Crippen molar-refractivity contribution < 1.29 is 37.6 Å². The first-order valence-electron chi connectivity index (χ1n) is 36.6. The Bertz CT molecular complexity index is 1690. The number of hydrogen-bond donors (Lipinski definition) is 2. The fourth-order valence-corrected chi connectivity index (χ4v) is 11.4. The molecule has 0 aliphatic carbocycles. The predicted molar refractivity (Wildman–Crippen MR) is 372 cm³/mol. The molecule has 2 unspecified atom stereocenters. The summed E-state index contributed by atoms with van der Waals surface area (Å²) in [6, 6.07) is 0. The lowest BCUT2D eigenvalue weighted by atomic mass is 10.0. The maximum Gasteiger partial charge on any atom is 0.472 e. The zero-order valence-corrected chi connectivity index (χ0v) is 57.2. The zero-order valence-electron chi connectivity index (χ0n) is 56.3. The van der Waals surface area contributed by atoms with Gasteiger partial charge < -0.3 is 20.1 Å². The Morgan fingerprint density at radius 2 is 0.640 bits per heavy atom. The maximum atomic E-state index is 12.8. The lowest BCUT2D eigenvalue weighted by molar-refractivity contribution is -0.161. The Balaban J connectivity index is 3.85. The first-order chi connectivity index (χ1) is 42.3. The summed E-state index contributed by atoms with van der Waals surface area (Å²) in [5.41, 5.74) is 5.41. The second kappa shape index (κ2) is 71.3. The van der Waals surface area contributed by atoms with Gasteiger partial charge in [0.2, 0.25) is 0 Å². The van der Waals surface area contributed by atoms with Gasteiger partial charge >= 0.3 is 19.8 Å². The third-order valence-corrected chi connectivity index (χ3v) is 17.0. The van der Waals surface area contributed by atoms with Crippen molar-refractivity contribution in [2.24, 2.45) is 5.73 Å². The van der Waals surface area contributed by atoms with Gasteiger partial charge in [0.1, 0.15) is 6.61 Å². The highest BCUT2D eigenvalue weighted by Gasteiger charge is 2.26. The van der Waals surface area contributed by atoms with Gasteiger partial charge in [-0.1, -0.05) is 356 Å². The van der Waals surface area contributed by atoms with Crippen LogP contribution in [0, 0.1) is 0 Å². The van der Waals surface area contributed by atoms with E-state index < -0.39 is 26.5 Å². The summed E-state index contributed by atoms with van der Waals surface area (Å²) in [5.74, 6) is -0.823. The second-order valence-corrected chi connectivity index (χ2v) is 25.9. The SMILES string of the molecule is CC/C=C\C/C=C\C/C=C\C/C=C\C/C=C\C/C=C\C/C=C\CCCCCCCCCCCC(=O)OC(COC(=O)CCCCCCCCCCCCCCCCCCCCCCCCCCCCCCCCCCCC)COP(=O)(O)OCCN. The minimum absolute atomic E-state index is 0.0504. The smallest absolute Gasteiger partial charge is 0.462 e. The normalized spacial score (nSPS) is 13.4. The monoisotopic (exact) mass is 1220 g/mol. The molecule has 0 aliphatic heterocycles. The van der Waals surface area contributed by atoms with Crippen LogP contribution in [-0.4, -0.2) is 49.3 Å². The molecule has 0 aromatic rings. The summed E-state index contributed by atoms with van der Waals surface area (Å²) < 4.78 is 33.2. The lowest BCUT2D eigenvalue weighted by Crippen LogP contribution is -2.29. The summed E-state index contributed by atoms with van der Waals surface area (Å²) in [7, 11) is -4.40. The molecular formula is C76H138NO8P. The molecule has 0 aromatic heterocycles. The molecule has 0 aromatic carbocycles. The average molecular weight is 1220 g/mol. The Hall–Kier alpha value is -2.81. The number of phosphoric ester groups is 1. The van der Waals surface area contributed by atoms with Crippen LogP contribution in [0.5, 0.6) is 0 Å². The van der Waals surface area contributed by atoms with Crippen molar-refractivity contribution in [3.8, 4) is 0 Å². The van der Waals surface area contributed by atoms with Crippen LogP contribution in [0.1, 0.15) is 354 Å². The van der Waals surface area contributed by atoms with E-state index in [0.717, 1.165) is 89.9 Å². The fourth-order valence-electron chi connectivity index (χ4n) is 10.7. The number of nitrogens with two attached hydrogens (primary N) is 1. The van der Waals surface area contributed by atoms with Gasteiger partial charge in [0, 0.05) is 19.4 Å². The molecule has 0 heterocycles. The maximum absolute atomic E-state index is 12.8. The van der Waals surface area contributed by atoms with E-state index in [1.54, 1.807) is 0 Å². The molecule has 0 fully saturated rings. The molecule has 0 saturated heterocycles. The number of carbonyl (C=O) groups is 2. The molecule has 0 saturated carbocycles. The van der Waals surface area contributed by atoms with Crippen molar-refractivity contribution >= 4 is 19.8 Å². The molecule has 2 atom stereocenters. The van der Waals surface area contributed by atoms with Crippen molar-refractivity contribution in [2.45, 2.75) is 360 Å². The topological polar surface area (TPSA) is 134 Å². The van der Waals surface area contributed by atoms with Crippen LogP contribution in [0.3, 0.4) is 0 Å². The van der Waals surface area contributed by atoms with E-state index in [2.05, 4.69) is 98.9 Å². The number of phosphoric acid groups is 1. The highest BCUT2D eigenvalue weighted by atomic mass is 31.2. The molecule has 3 N–H and O–H groups in total. The number of hydrogen-bond acceptors (Lipinski definition) is 8. The van der Waals surface area contributed by atoms with Gasteiger partial charge in [-0.15, -0.1) is 0 Å². The van der Waals surface area contributed by atoms with Crippen molar-refractivity contribution in [3.63, 3.8) is 0 Å².